The summed E-state index contributed by atoms with van der Waals surface area (Å²) in [5.74, 6) is 2.22. The molecule has 6 aromatic carbocycles. The molecule has 1 aliphatic heterocycles. The average Bonchev–Trinajstić information content (AvgIpc) is 3.83. The predicted molar refractivity (Wildman–Crippen MR) is 231 cm³/mol. The molecule has 0 N–H and O–H groups in total. The second-order valence-electron chi connectivity index (χ2n) is 14.7. The molecule has 56 heavy (non-hydrogen) atoms. The molecule has 5 heteroatoms. The normalized spacial score (nSPS) is 18.5. The van der Waals surface area contributed by atoms with E-state index >= 15 is 0 Å². The van der Waals surface area contributed by atoms with Gasteiger partial charge in [0.15, 0.2) is 11.6 Å². The number of nitrogens with zero attached hydrogens (tertiary/aromatic N) is 4. The van der Waals surface area contributed by atoms with E-state index in [9.17, 15) is 0 Å². The second-order valence-corrected chi connectivity index (χ2v) is 15.8. The Balaban J connectivity index is 1.02. The summed E-state index contributed by atoms with van der Waals surface area (Å²) in [5.41, 5.74) is 10.7. The fourth-order valence-electron chi connectivity index (χ4n) is 8.75. The highest BCUT2D eigenvalue weighted by atomic mass is 32.2. The van der Waals surface area contributed by atoms with Gasteiger partial charge in [-0.3, -0.25) is 0 Å². The lowest BCUT2D eigenvalue weighted by molar-refractivity contribution is 0.647. The third-order valence-corrected chi connectivity index (χ3v) is 12.7. The van der Waals surface area contributed by atoms with Crippen LogP contribution in [0.4, 0.5) is 0 Å². The summed E-state index contributed by atoms with van der Waals surface area (Å²) >= 11 is 1.89. The molecule has 4 nitrogen and oxygen atoms in total. The molecule has 3 aliphatic rings. The van der Waals surface area contributed by atoms with Crippen LogP contribution in [0, 0.1) is 0 Å². The molecule has 0 bridgehead atoms. The van der Waals surface area contributed by atoms with Crippen molar-refractivity contribution < 1.29 is 0 Å². The SMILES string of the molecule is C1=CC(c2nc(C3=CCC(n4c5ccccc5c5ccccc54)C=C3)nc(-c3ccccc3)n2)C2C(=C1)Sc1c(-c3ccccc3)cc(-c3ccccc3)cc12. The van der Waals surface area contributed by atoms with Gasteiger partial charge in [0.25, 0.3) is 0 Å². The molecule has 266 valence electrons. The van der Waals surface area contributed by atoms with E-state index in [2.05, 4.69) is 187 Å². The molecule has 11 rings (SSSR count). The first kappa shape index (κ1) is 32.8. The first-order valence-corrected chi connectivity index (χ1v) is 20.1. The number of hydrogen-bond donors (Lipinski definition) is 0. The maximum atomic E-state index is 5.35. The third kappa shape index (κ3) is 5.58. The molecular weight excluding hydrogens is 701 g/mol. The molecule has 0 radical (unpaired) electrons. The van der Waals surface area contributed by atoms with Crippen LogP contribution < -0.4 is 0 Å². The molecule has 0 saturated carbocycles. The zero-order valence-electron chi connectivity index (χ0n) is 30.5. The highest BCUT2D eigenvalue weighted by Crippen LogP contribution is 2.59. The van der Waals surface area contributed by atoms with Crippen LogP contribution >= 0.6 is 11.8 Å². The fraction of sp³-hybridized carbons (Fsp3) is 0.0784. The lowest BCUT2D eigenvalue weighted by atomic mass is 9.80. The number of aromatic nitrogens is 4. The largest absolute Gasteiger partial charge is 0.333 e. The van der Waals surface area contributed by atoms with Gasteiger partial charge in [-0.1, -0.05) is 176 Å². The second kappa shape index (κ2) is 13.6. The number of para-hydroxylation sites is 2. The number of thioether (sulfide) groups is 1. The van der Waals surface area contributed by atoms with E-state index in [1.807, 2.05) is 17.8 Å². The topological polar surface area (TPSA) is 43.6 Å². The van der Waals surface area contributed by atoms with Crippen molar-refractivity contribution in [2.24, 2.45) is 0 Å². The summed E-state index contributed by atoms with van der Waals surface area (Å²) < 4.78 is 2.48. The lowest BCUT2D eigenvalue weighted by Crippen LogP contribution is -2.16. The lowest BCUT2D eigenvalue weighted by Gasteiger charge is -2.25. The Morgan fingerprint density at radius 1 is 0.571 bits per heavy atom. The van der Waals surface area contributed by atoms with E-state index in [1.54, 1.807) is 0 Å². The van der Waals surface area contributed by atoms with E-state index < -0.39 is 0 Å². The van der Waals surface area contributed by atoms with Gasteiger partial charge in [0, 0.05) is 49.7 Å². The van der Waals surface area contributed by atoms with Crippen LogP contribution in [-0.4, -0.2) is 19.5 Å². The monoisotopic (exact) mass is 736 g/mol. The molecule has 0 saturated heterocycles. The van der Waals surface area contributed by atoms with Crippen LogP contribution in [0.5, 0.6) is 0 Å². The summed E-state index contributed by atoms with van der Waals surface area (Å²) in [6.07, 6.45) is 14.4. The van der Waals surface area contributed by atoms with Gasteiger partial charge in [0.1, 0.15) is 5.82 Å². The van der Waals surface area contributed by atoms with E-state index in [-0.39, 0.29) is 17.9 Å². The Hall–Kier alpha value is -6.56. The molecule has 3 heterocycles. The quantitative estimate of drug-likeness (QED) is 0.170. The molecule has 3 atom stereocenters. The van der Waals surface area contributed by atoms with E-state index in [0.717, 1.165) is 23.4 Å². The smallest absolute Gasteiger partial charge is 0.163 e. The Kier molecular flexibility index (Phi) is 7.99. The maximum Gasteiger partial charge on any atom is 0.163 e. The van der Waals surface area contributed by atoms with Crippen LogP contribution in [0.2, 0.25) is 0 Å². The van der Waals surface area contributed by atoms with Gasteiger partial charge in [-0.15, -0.1) is 0 Å². The Bertz CT molecular complexity index is 2870. The molecule has 0 spiro atoms. The summed E-state index contributed by atoms with van der Waals surface area (Å²) in [7, 11) is 0. The van der Waals surface area contributed by atoms with Crippen LogP contribution in [-0.2, 0) is 0 Å². The maximum absolute atomic E-state index is 5.35. The van der Waals surface area contributed by atoms with Crippen LogP contribution in [0.1, 0.15) is 41.5 Å². The van der Waals surface area contributed by atoms with Crippen molar-refractivity contribution in [1.82, 2.24) is 19.5 Å². The Morgan fingerprint density at radius 3 is 1.88 bits per heavy atom. The fourth-order valence-corrected chi connectivity index (χ4v) is 10.1. The first-order chi connectivity index (χ1) is 27.8. The molecule has 0 fully saturated rings. The van der Waals surface area contributed by atoms with E-state index in [1.165, 1.54) is 59.4 Å². The van der Waals surface area contributed by atoms with Crippen LogP contribution in [0.25, 0.3) is 61.0 Å². The van der Waals surface area contributed by atoms with E-state index in [4.69, 9.17) is 15.0 Å². The molecule has 0 amide bonds. The Morgan fingerprint density at radius 2 is 1.20 bits per heavy atom. The number of allylic oxidation sites excluding steroid dienone is 8. The minimum atomic E-state index is -0.0684. The summed E-state index contributed by atoms with van der Waals surface area (Å²) in [5, 5.41) is 2.57. The first-order valence-electron chi connectivity index (χ1n) is 19.3. The van der Waals surface area contributed by atoms with Crippen molar-refractivity contribution in [2.75, 3.05) is 0 Å². The van der Waals surface area contributed by atoms with Gasteiger partial charge in [0.05, 0.1) is 6.04 Å². The van der Waals surface area contributed by atoms with E-state index in [0.29, 0.717) is 11.6 Å². The van der Waals surface area contributed by atoms with Gasteiger partial charge in [-0.25, -0.2) is 15.0 Å². The average molecular weight is 737 g/mol. The zero-order valence-corrected chi connectivity index (χ0v) is 31.4. The highest BCUT2D eigenvalue weighted by Gasteiger charge is 2.39. The van der Waals surface area contributed by atoms with Crippen molar-refractivity contribution in [2.45, 2.75) is 29.2 Å². The summed E-state index contributed by atoms with van der Waals surface area (Å²) in [4.78, 5) is 18.4. The summed E-state index contributed by atoms with van der Waals surface area (Å²) in [6.45, 7) is 0. The molecule has 2 aromatic heterocycles. The molecule has 2 aliphatic carbocycles. The van der Waals surface area contributed by atoms with Crippen molar-refractivity contribution in [3.63, 3.8) is 0 Å². The van der Waals surface area contributed by atoms with Gasteiger partial charge in [-0.05, 0) is 63.4 Å². The number of rotatable bonds is 6. The minimum absolute atomic E-state index is 0.0684. The van der Waals surface area contributed by atoms with Crippen LogP contribution in [0.3, 0.4) is 0 Å². The molecule has 8 aromatic rings. The predicted octanol–water partition coefficient (Wildman–Crippen LogP) is 13.0. The van der Waals surface area contributed by atoms with Crippen molar-refractivity contribution in [3.05, 3.63) is 210 Å². The molecule has 3 unspecified atom stereocenters. The highest BCUT2D eigenvalue weighted by molar-refractivity contribution is 8.03. The van der Waals surface area contributed by atoms with Gasteiger partial charge in [0.2, 0.25) is 0 Å². The zero-order chi connectivity index (χ0) is 37.0. The summed E-state index contributed by atoms with van der Waals surface area (Å²) in [6, 6.07) is 54.2. The van der Waals surface area contributed by atoms with Crippen LogP contribution in [0.15, 0.2) is 198 Å². The van der Waals surface area contributed by atoms with Gasteiger partial charge in [-0.2, -0.15) is 0 Å². The minimum Gasteiger partial charge on any atom is -0.333 e. The Labute approximate surface area is 330 Å². The van der Waals surface area contributed by atoms with Gasteiger partial charge < -0.3 is 4.57 Å². The molecular formula is C51H36N4S. The van der Waals surface area contributed by atoms with Gasteiger partial charge >= 0.3 is 0 Å². The number of benzene rings is 6. The van der Waals surface area contributed by atoms with Crippen molar-refractivity contribution in [1.29, 1.82) is 0 Å². The van der Waals surface area contributed by atoms with Crippen molar-refractivity contribution in [3.8, 4) is 33.6 Å². The number of fused-ring (bicyclic) bond motifs is 6. The third-order valence-electron chi connectivity index (χ3n) is 11.4. The standard InChI is InChI=1S/C51H36N4S/c1-4-15-33(16-5-1)37-31-42(34-17-6-2-7-18-34)48-43(32-37)47-41(23-14-26-46(47)56-48)51-53-49(35-19-8-3-9-20-35)52-50(54-51)36-27-29-38(30-28-36)55-44-24-12-10-21-39(44)40-22-11-13-25-45(40)55/h1-29,31-32,38,41,47H,30H2. The number of hydrogen-bond acceptors (Lipinski definition) is 4. The van der Waals surface area contributed by atoms with Crippen molar-refractivity contribution >= 4 is 39.1 Å².